The Balaban J connectivity index is 0.00000338. The van der Waals surface area contributed by atoms with Crippen LogP contribution in [0.2, 0.25) is 0 Å². The molecule has 1 saturated heterocycles. The lowest BCUT2D eigenvalue weighted by Gasteiger charge is -2.22. The van der Waals surface area contributed by atoms with E-state index < -0.39 is 11.7 Å². The van der Waals surface area contributed by atoms with Gasteiger partial charge in [0.15, 0.2) is 0 Å². The summed E-state index contributed by atoms with van der Waals surface area (Å²) in [6.45, 7) is 5.42. The van der Waals surface area contributed by atoms with Gasteiger partial charge in [0.2, 0.25) is 5.91 Å². The second-order valence-corrected chi connectivity index (χ2v) is 6.72. The van der Waals surface area contributed by atoms with Crippen LogP contribution in [0.4, 0.5) is 13.2 Å². The predicted molar refractivity (Wildman–Crippen MR) is 105 cm³/mol. The molecular weight excluding hydrogens is 402 g/mol. The van der Waals surface area contributed by atoms with Crippen LogP contribution >= 0.6 is 24.8 Å². The maximum Gasteiger partial charge on any atom is 0.416 e. The van der Waals surface area contributed by atoms with E-state index in [-0.39, 0.29) is 36.8 Å². The van der Waals surface area contributed by atoms with Gasteiger partial charge in [-0.15, -0.1) is 24.8 Å². The number of carbonyl (C=O) groups excluding carboxylic acids is 1. The summed E-state index contributed by atoms with van der Waals surface area (Å²) in [4.78, 5) is 16.2. The molecule has 0 aromatic heterocycles. The zero-order chi connectivity index (χ0) is 18.4. The SMILES string of the molecule is CC(N)CCC(=O)N1CCCN(Cc2ccc(C(F)(F)F)cc2)CC1.Cl.Cl. The highest BCUT2D eigenvalue weighted by molar-refractivity contribution is 5.85. The summed E-state index contributed by atoms with van der Waals surface area (Å²) in [6, 6.07) is 5.32. The van der Waals surface area contributed by atoms with E-state index in [1.807, 2.05) is 11.8 Å². The third-order valence-corrected chi connectivity index (χ3v) is 4.44. The van der Waals surface area contributed by atoms with Gasteiger partial charge in [0.25, 0.3) is 0 Å². The lowest BCUT2D eigenvalue weighted by Crippen LogP contribution is -2.35. The number of benzene rings is 1. The highest BCUT2D eigenvalue weighted by Crippen LogP contribution is 2.29. The van der Waals surface area contributed by atoms with Gasteiger partial charge in [-0.1, -0.05) is 12.1 Å². The molecule has 1 aromatic carbocycles. The van der Waals surface area contributed by atoms with E-state index in [9.17, 15) is 18.0 Å². The number of amides is 1. The normalized spacial score (nSPS) is 16.7. The molecule has 27 heavy (non-hydrogen) atoms. The number of alkyl halides is 3. The summed E-state index contributed by atoms with van der Waals surface area (Å²) in [5.41, 5.74) is 5.92. The molecule has 9 heteroatoms. The number of halogens is 5. The molecule has 1 aromatic rings. The number of hydrogen-bond donors (Lipinski definition) is 1. The number of hydrogen-bond acceptors (Lipinski definition) is 3. The van der Waals surface area contributed by atoms with Crippen molar-refractivity contribution >= 4 is 30.7 Å². The minimum atomic E-state index is -4.30. The van der Waals surface area contributed by atoms with E-state index in [2.05, 4.69) is 4.90 Å². The summed E-state index contributed by atoms with van der Waals surface area (Å²) in [7, 11) is 0. The summed E-state index contributed by atoms with van der Waals surface area (Å²) < 4.78 is 37.8. The monoisotopic (exact) mass is 429 g/mol. The number of carbonyl (C=O) groups is 1. The topological polar surface area (TPSA) is 49.6 Å². The fourth-order valence-corrected chi connectivity index (χ4v) is 2.95. The Kier molecular flexibility index (Phi) is 11.3. The van der Waals surface area contributed by atoms with Gasteiger partial charge in [0.05, 0.1) is 5.56 Å². The quantitative estimate of drug-likeness (QED) is 0.775. The highest BCUT2D eigenvalue weighted by Gasteiger charge is 2.30. The fraction of sp³-hybridized carbons (Fsp3) is 0.611. The number of nitrogens with zero attached hydrogens (tertiary/aromatic N) is 2. The smallest absolute Gasteiger partial charge is 0.341 e. The molecule has 0 bridgehead atoms. The molecule has 2 rings (SSSR count). The summed E-state index contributed by atoms with van der Waals surface area (Å²) in [5, 5.41) is 0. The van der Waals surface area contributed by atoms with Crippen molar-refractivity contribution in [2.75, 3.05) is 26.2 Å². The Bertz CT molecular complexity index is 568. The zero-order valence-electron chi connectivity index (χ0n) is 15.4. The van der Waals surface area contributed by atoms with Crippen LogP contribution in [-0.2, 0) is 17.5 Å². The molecular formula is C18H28Cl2F3N3O. The molecule has 156 valence electrons. The maximum atomic E-state index is 12.6. The Morgan fingerprint density at radius 1 is 1.11 bits per heavy atom. The average Bonchev–Trinajstić information content (AvgIpc) is 2.78. The average molecular weight is 430 g/mol. The van der Waals surface area contributed by atoms with Crippen LogP contribution in [0, 0.1) is 0 Å². The fourth-order valence-electron chi connectivity index (χ4n) is 2.95. The predicted octanol–water partition coefficient (Wildman–Crippen LogP) is 3.71. The lowest BCUT2D eigenvalue weighted by molar-refractivity contribution is -0.137. The number of nitrogens with two attached hydrogens (primary N) is 1. The molecule has 1 atom stereocenters. The molecule has 1 fully saturated rings. The molecule has 0 radical (unpaired) electrons. The van der Waals surface area contributed by atoms with Crippen molar-refractivity contribution < 1.29 is 18.0 Å². The second-order valence-electron chi connectivity index (χ2n) is 6.72. The first-order valence-electron chi connectivity index (χ1n) is 8.67. The van der Waals surface area contributed by atoms with Crippen molar-refractivity contribution in [1.29, 1.82) is 0 Å². The van der Waals surface area contributed by atoms with Crippen molar-refractivity contribution in [2.24, 2.45) is 5.73 Å². The second kappa shape index (κ2) is 11.7. The van der Waals surface area contributed by atoms with Gasteiger partial charge in [0.1, 0.15) is 0 Å². The number of rotatable bonds is 5. The lowest BCUT2D eigenvalue weighted by atomic mass is 10.1. The van der Waals surface area contributed by atoms with E-state index in [4.69, 9.17) is 5.73 Å². The molecule has 0 aliphatic carbocycles. The first-order chi connectivity index (χ1) is 11.8. The largest absolute Gasteiger partial charge is 0.416 e. The highest BCUT2D eigenvalue weighted by atomic mass is 35.5. The molecule has 4 nitrogen and oxygen atoms in total. The van der Waals surface area contributed by atoms with Crippen LogP contribution in [0.15, 0.2) is 24.3 Å². The van der Waals surface area contributed by atoms with Crippen molar-refractivity contribution in [1.82, 2.24) is 9.80 Å². The molecule has 2 N–H and O–H groups in total. The molecule has 0 spiro atoms. The Morgan fingerprint density at radius 3 is 2.30 bits per heavy atom. The van der Waals surface area contributed by atoms with Gasteiger partial charge < -0.3 is 10.6 Å². The molecule has 1 amide bonds. The van der Waals surface area contributed by atoms with Crippen LogP contribution in [0.5, 0.6) is 0 Å². The Morgan fingerprint density at radius 2 is 1.74 bits per heavy atom. The maximum absolute atomic E-state index is 12.6. The molecule has 1 heterocycles. The first-order valence-corrected chi connectivity index (χ1v) is 8.67. The van der Waals surface area contributed by atoms with Crippen molar-refractivity contribution in [3.63, 3.8) is 0 Å². The third-order valence-electron chi connectivity index (χ3n) is 4.44. The summed E-state index contributed by atoms with van der Waals surface area (Å²) in [6.07, 6.45) is -2.28. The Labute approximate surface area is 171 Å². The van der Waals surface area contributed by atoms with Crippen LogP contribution in [0.25, 0.3) is 0 Å². The minimum absolute atomic E-state index is 0. The van der Waals surface area contributed by atoms with E-state index in [1.165, 1.54) is 12.1 Å². The van der Waals surface area contributed by atoms with Gasteiger partial charge in [-0.25, -0.2) is 0 Å². The summed E-state index contributed by atoms with van der Waals surface area (Å²) in [5.74, 6) is 0.133. The van der Waals surface area contributed by atoms with Crippen LogP contribution in [0.3, 0.4) is 0 Å². The molecule has 1 aliphatic heterocycles. The van der Waals surface area contributed by atoms with Gasteiger partial charge in [-0.3, -0.25) is 9.69 Å². The van der Waals surface area contributed by atoms with Gasteiger partial charge in [-0.2, -0.15) is 13.2 Å². The zero-order valence-corrected chi connectivity index (χ0v) is 17.0. The van der Waals surface area contributed by atoms with Crippen LogP contribution in [-0.4, -0.2) is 47.9 Å². The molecule has 1 aliphatic rings. The van der Waals surface area contributed by atoms with E-state index in [0.717, 1.165) is 43.8 Å². The van der Waals surface area contributed by atoms with Crippen molar-refractivity contribution in [3.8, 4) is 0 Å². The van der Waals surface area contributed by atoms with E-state index >= 15 is 0 Å². The van der Waals surface area contributed by atoms with Crippen molar-refractivity contribution in [3.05, 3.63) is 35.4 Å². The van der Waals surface area contributed by atoms with Gasteiger partial charge in [-0.05, 0) is 37.5 Å². The van der Waals surface area contributed by atoms with E-state index in [0.29, 0.717) is 25.9 Å². The third kappa shape index (κ3) is 8.68. The Hall–Kier alpha value is -1.02. The van der Waals surface area contributed by atoms with Crippen LogP contribution < -0.4 is 5.73 Å². The molecule has 1 unspecified atom stereocenters. The van der Waals surface area contributed by atoms with Gasteiger partial charge >= 0.3 is 6.18 Å². The standard InChI is InChI=1S/C18H26F3N3O.2ClH/c1-14(22)3-8-17(25)24-10-2-9-23(11-12-24)13-15-4-6-16(7-5-15)18(19,20)21;;/h4-7,14H,2-3,8-13,22H2,1H3;2*1H. The minimum Gasteiger partial charge on any atom is -0.341 e. The van der Waals surface area contributed by atoms with Crippen LogP contribution in [0.1, 0.15) is 37.3 Å². The summed E-state index contributed by atoms with van der Waals surface area (Å²) >= 11 is 0. The van der Waals surface area contributed by atoms with Gasteiger partial charge in [0, 0.05) is 45.2 Å². The first kappa shape index (κ1) is 26.0. The molecule has 0 saturated carbocycles. The van der Waals surface area contributed by atoms with E-state index in [1.54, 1.807) is 0 Å². The van der Waals surface area contributed by atoms with Crippen molar-refractivity contribution in [2.45, 2.75) is 44.9 Å².